The Bertz CT molecular complexity index is 487. The molecule has 2 aliphatic rings. The molecule has 1 aromatic heterocycles. The third-order valence-electron chi connectivity index (χ3n) is 4.78. The van der Waals surface area contributed by atoms with Gasteiger partial charge in [-0.05, 0) is 62.4 Å². The van der Waals surface area contributed by atoms with Crippen LogP contribution in [0.1, 0.15) is 37.5 Å². The molecular formula is C18H28N2O2S. The molecule has 1 amide bonds. The molecule has 3 rings (SSSR count). The zero-order valence-corrected chi connectivity index (χ0v) is 14.8. The summed E-state index contributed by atoms with van der Waals surface area (Å²) in [6, 6.07) is 4.32. The monoisotopic (exact) mass is 336 g/mol. The molecule has 2 heterocycles. The third kappa shape index (κ3) is 5.59. The average Bonchev–Trinajstić information content (AvgIpc) is 3.26. The molecule has 0 unspecified atom stereocenters. The van der Waals surface area contributed by atoms with E-state index in [0.29, 0.717) is 11.8 Å². The van der Waals surface area contributed by atoms with Gasteiger partial charge >= 0.3 is 0 Å². The molecule has 1 saturated heterocycles. The van der Waals surface area contributed by atoms with Gasteiger partial charge in [-0.1, -0.05) is 6.07 Å². The summed E-state index contributed by atoms with van der Waals surface area (Å²) in [7, 11) is 0. The number of hydrogen-bond donors (Lipinski definition) is 1. The Hall–Kier alpha value is -0.910. The first kappa shape index (κ1) is 16.9. The van der Waals surface area contributed by atoms with Gasteiger partial charge < -0.3 is 10.1 Å². The predicted octanol–water partition coefficient (Wildman–Crippen LogP) is 2.89. The van der Waals surface area contributed by atoms with E-state index in [1.165, 1.54) is 37.1 Å². The summed E-state index contributed by atoms with van der Waals surface area (Å²) in [4.78, 5) is 16.0. The van der Waals surface area contributed by atoms with Gasteiger partial charge in [0.25, 0.3) is 0 Å². The summed E-state index contributed by atoms with van der Waals surface area (Å²) in [5, 5.41) is 5.23. The molecule has 1 aliphatic carbocycles. The van der Waals surface area contributed by atoms with Crippen molar-refractivity contribution in [2.45, 2.75) is 45.3 Å². The second-order valence-corrected chi connectivity index (χ2v) is 8.02. The molecule has 2 fully saturated rings. The van der Waals surface area contributed by atoms with Crippen molar-refractivity contribution in [3.63, 3.8) is 0 Å². The first-order valence-corrected chi connectivity index (χ1v) is 9.72. The number of piperidine rings is 1. The van der Waals surface area contributed by atoms with Crippen molar-refractivity contribution in [3.05, 3.63) is 22.4 Å². The maximum Gasteiger partial charge on any atom is 0.248 e. The molecule has 23 heavy (non-hydrogen) atoms. The number of carbonyl (C=O) groups excluding carboxylic acids is 1. The Labute approximate surface area is 143 Å². The highest BCUT2D eigenvalue weighted by Gasteiger charge is 2.25. The second-order valence-electron chi connectivity index (χ2n) is 6.99. The summed E-state index contributed by atoms with van der Waals surface area (Å²) in [6.07, 6.45) is 4.63. The van der Waals surface area contributed by atoms with Gasteiger partial charge in [-0.3, -0.25) is 9.69 Å². The average molecular weight is 337 g/mol. The molecule has 2 atom stereocenters. The molecule has 4 nitrogen and oxygen atoms in total. The molecular weight excluding hydrogens is 308 g/mol. The van der Waals surface area contributed by atoms with Crippen LogP contribution in [-0.2, 0) is 16.1 Å². The Balaban J connectivity index is 1.36. The van der Waals surface area contributed by atoms with E-state index in [9.17, 15) is 4.79 Å². The van der Waals surface area contributed by atoms with Crippen LogP contribution in [0.4, 0.5) is 0 Å². The van der Waals surface area contributed by atoms with E-state index in [4.69, 9.17) is 4.74 Å². The SMILES string of the molecule is C[C@H](OCC1CC1)C(=O)NC[C@@H]1CCCN(Cc2cccs2)C1. The highest BCUT2D eigenvalue weighted by Crippen LogP contribution is 2.29. The van der Waals surface area contributed by atoms with Crippen molar-refractivity contribution in [1.82, 2.24) is 10.2 Å². The first-order valence-electron chi connectivity index (χ1n) is 8.84. The van der Waals surface area contributed by atoms with Crippen molar-refractivity contribution in [1.29, 1.82) is 0 Å². The van der Waals surface area contributed by atoms with Crippen molar-refractivity contribution in [3.8, 4) is 0 Å². The van der Waals surface area contributed by atoms with Crippen molar-refractivity contribution >= 4 is 17.2 Å². The smallest absolute Gasteiger partial charge is 0.248 e. The van der Waals surface area contributed by atoms with Crippen LogP contribution in [0.2, 0.25) is 0 Å². The Morgan fingerprint density at radius 1 is 1.43 bits per heavy atom. The van der Waals surface area contributed by atoms with E-state index in [2.05, 4.69) is 27.7 Å². The second kappa shape index (κ2) is 8.27. The number of hydrogen-bond acceptors (Lipinski definition) is 4. The number of nitrogens with zero attached hydrogens (tertiary/aromatic N) is 1. The Morgan fingerprint density at radius 3 is 3.04 bits per heavy atom. The number of thiophene rings is 1. The van der Waals surface area contributed by atoms with Crippen LogP contribution in [0, 0.1) is 11.8 Å². The van der Waals surface area contributed by atoms with E-state index in [1.54, 1.807) is 0 Å². The summed E-state index contributed by atoms with van der Waals surface area (Å²) in [5.41, 5.74) is 0. The predicted molar refractivity (Wildman–Crippen MR) is 93.5 cm³/mol. The molecule has 0 radical (unpaired) electrons. The third-order valence-corrected chi connectivity index (χ3v) is 5.64. The minimum atomic E-state index is -0.318. The molecule has 128 valence electrons. The van der Waals surface area contributed by atoms with Crippen LogP contribution < -0.4 is 5.32 Å². The van der Waals surface area contributed by atoms with Crippen LogP contribution in [-0.4, -0.2) is 43.2 Å². The zero-order valence-electron chi connectivity index (χ0n) is 14.0. The molecule has 1 N–H and O–H groups in total. The molecule has 5 heteroatoms. The number of rotatable bonds is 8. The van der Waals surface area contributed by atoms with Crippen LogP contribution in [0.25, 0.3) is 0 Å². The lowest BCUT2D eigenvalue weighted by molar-refractivity contribution is -0.132. The number of ether oxygens (including phenoxy) is 1. The van der Waals surface area contributed by atoms with Gasteiger partial charge in [0.1, 0.15) is 6.10 Å². The quantitative estimate of drug-likeness (QED) is 0.794. The number of carbonyl (C=O) groups is 1. The topological polar surface area (TPSA) is 41.6 Å². The number of amides is 1. The van der Waals surface area contributed by atoms with Crippen LogP contribution in [0.15, 0.2) is 17.5 Å². The molecule has 1 aliphatic heterocycles. The largest absolute Gasteiger partial charge is 0.368 e. The minimum Gasteiger partial charge on any atom is -0.368 e. The highest BCUT2D eigenvalue weighted by molar-refractivity contribution is 7.09. The maximum atomic E-state index is 12.1. The van der Waals surface area contributed by atoms with E-state index in [1.807, 2.05) is 18.3 Å². The lowest BCUT2D eigenvalue weighted by Crippen LogP contribution is -2.43. The lowest BCUT2D eigenvalue weighted by Gasteiger charge is -2.32. The highest BCUT2D eigenvalue weighted by atomic mass is 32.1. The van der Waals surface area contributed by atoms with Crippen LogP contribution >= 0.6 is 11.3 Å². The fraction of sp³-hybridized carbons (Fsp3) is 0.722. The van der Waals surface area contributed by atoms with Crippen LogP contribution in [0.5, 0.6) is 0 Å². The van der Waals surface area contributed by atoms with Gasteiger partial charge in [-0.25, -0.2) is 0 Å². The Kier molecular flexibility index (Phi) is 6.08. The van der Waals surface area contributed by atoms with E-state index >= 15 is 0 Å². The van der Waals surface area contributed by atoms with E-state index in [0.717, 1.165) is 26.2 Å². The fourth-order valence-electron chi connectivity index (χ4n) is 3.11. The van der Waals surface area contributed by atoms with Gasteiger partial charge in [0, 0.05) is 24.5 Å². The Morgan fingerprint density at radius 2 is 2.30 bits per heavy atom. The minimum absolute atomic E-state index is 0.0426. The van der Waals surface area contributed by atoms with E-state index < -0.39 is 0 Å². The first-order chi connectivity index (χ1) is 11.2. The van der Waals surface area contributed by atoms with Crippen LogP contribution in [0.3, 0.4) is 0 Å². The summed E-state index contributed by atoms with van der Waals surface area (Å²) >= 11 is 1.82. The molecule has 0 spiro atoms. The van der Waals surface area contributed by atoms with Gasteiger partial charge in [0.2, 0.25) is 5.91 Å². The van der Waals surface area contributed by atoms with E-state index in [-0.39, 0.29) is 12.0 Å². The molecule has 1 saturated carbocycles. The zero-order chi connectivity index (χ0) is 16.1. The lowest BCUT2D eigenvalue weighted by atomic mass is 9.98. The molecule has 1 aromatic rings. The van der Waals surface area contributed by atoms with Gasteiger partial charge in [0.15, 0.2) is 0 Å². The maximum absolute atomic E-state index is 12.1. The van der Waals surface area contributed by atoms with Crippen molar-refractivity contribution < 1.29 is 9.53 Å². The fourth-order valence-corrected chi connectivity index (χ4v) is 3.86. The summed E-state index contributed by atoms with van der Waals surface area (Å²) in [5.74, 6) is 1.30. The molecule has 0 bridgehead atoms. The van der Waals surface area contributed by atoms with Gasteiger partial charge in [0.05, 0.1) is 6.61 Å². The number of nitrogens with one attached hydrogen (secondary N) is 1. The van der Waals surface area contributed by atoms with Gasteiger partial charge in [-0.15, -0.1) is 11.3 Å². The van der Waals surface area contributed by atoms with Crippen molar-refractivity contribution in [2.24, 2.45) is 11.8 Å². The van der Waals surface area contributed by atoms with Crippen molar-refractivity contribution in [2.75, 3.05) is 26.2 Å². The number of likely N-dealkylation sites (tertiary alicyclic amines) is 1. The molecule has 0 aromatic carbocycles. The summed E-state index contributed by atoms with van der Waals surface area (Å²) < 4.78 is 5.64. The normalized spacial score (nSPS) is 23.6. The summed E-state index contributed by atoms with van der Waals surface area (Å²) in [6.45, 7) is 6.67. The van der Waals surface area contributed by atoms with Gasteiger partial charge in [-0.2, -0.15) is 0 Å². The standard InChI is InChI=1S/C18H28N2O2S/c1-14(22-13-15-6-7-15)18(21)19-10-16-4-2-8-20(11-16)12-17-5-3-9-23-17/h3,5,9,14-16H,2,4,6-8,10-13H2,1H3,(H,19,21)/t14-,16-/m0/s1.